The Morgan fingerprint density at radius 2 is 1.93 bits per heavy atom. The number of nitrogens with one attached hydrogen (secondary N) is 1. The average molecular weight is 248 g/mol. The first-order valence-electron chi connectivity index (χ1n) is 4.74. The van der Waals surface area contributed by atoms with Crippen molar-refractivity contribution >= 4 is 32.9 Å². The summed E-state index contributed by atoms with van der Waals surface area (Å²) in [4.78, 5) is 0. The Labute approximate surface area is 97.8 Å². The van der Waals surface area contributed by atoms with Gasteiger partial charge < -0.3 is 4.72 Å². The normalized spacial score (nSPS) is 13.4. The lowest BCUT2D eigenvalue weighted by atomic mass is 10.2. The molecule has 0 amide bonds. The molecule has 1 aromatic rings. The number of hydrogen-bond acceptors (Lipinski definition) is 1. The molecular weight excluding hydrogens is 230 g/mol. The molecule has 0 spiro atoms. The van der Waals surface area contributed by atoms with Crippen molar-refractivity contribution < 1.29 is 4.21 Å². The van der Waals surface area contributed by atoms with Crippen LogP contribution in [0.25, 0.3) is 0 Å². The van der Waals surface area contributed by atoms with Crippen LogP contribution in [0, 0.1) is 6.92 Å². The van der Waals surface area contributed by atoms with Crippen LogP contribution in [-0.4, -0.2) is 16.3 Å². The van der Waals surface area contributed by atoms with E-state index in [1.54, 1.807) is 18.4 Å². The van der Waals surface area contributed by atoms with Gasteiger partial charge in [0.25, 0.3) is 0 Å². The van der Waals surface area contributed by atoms with Crippen LogP contribution in [0.4, 0.5) is 5.69 Å². The van der Waals surface area contributed by atoms with E-state index in [4.69, 9.17) is 11.6 Å². The maximum Gasteiger partial charge on any atom is 0.0486 e. The Morgan fingerprint density at radius 3 is 2.33 bits per heavy atom. The van der Waals surface area contributed by atoms with Crippen molar-refractivity contribution in [1.82, 2.24) is 0 Å². The molecule has 0 saturated carbocycles. The molecule has 0 heterocycles. The summed E-state index contributed by atoms with van der Waals surface area (Å²) in [5.74, 6) is 3.51. The third-order valence-electron chi connectivity index (χ3n) is 1.51. The van der Waals surface area contributed by atoms with Gasteiger partial charge in [0.05, 0.1) is 0 Å². The maximum atomic E-state index is 11.3. The molecule has 0 aliphatic rings. The van der Waals surface area contributed by atoms with Crippen molar-refractivity contribution in [3.63, 3.8) is 0 Å². The van der Waals surface area contributed by atoms with E-state index in [0.717, 1.165) is 11.3 Å². The fourth-order valence-electron chi connectivity index (χ4n) is 0.974. The van der Waals surface area contributed by atoms with Crippen LogP contribution >= 0.6 is 11.6 Å². The molecule has 15 heavy (non-hydrogen) atoms. The maximum absolute atomic E-state index is 11.3. The number of halogens is 1. The Balaban J connectivity index is 0.000000921. The first-order valence-corrected chi connectivity index (χ1v) is 7.26. The number of hydrogen-bond donors (Lipinski definition) is 1. The highest BCUT2D eigenvalue weighted by atomic mass is 35.5. The monoisotopic (exact) mass is 247 g/mol. The predicted octanol–water partition coefficient (Wildman–Crippen LogP) is 3.35. The van der Waals surface area contributed by atoms with Crippen LogP contribution in [0.3, 0.4) is 0 Å². The molecule has 4 heteroatoms. The number of benzene rings is 1. The highest BCUT2D eigenvalue weighted by Crippen LogP contribution is 2.20. The van der Waals surface area contributed by atoms with E-state index in [9.17, 15) is 4.21 Å². The van der Waals surface area contributed by atoms with Crippen molar-refractivity contribution in [2.24, 2.45) is 0 Å². The van der Waals surface area contributed by atoms with E-state index < -0.39 is 9.71 Å². The third kappa shape index (κ3) is 5.70. The number of rotatable bonds is 2. The molecule has 1 atom stereocenters. The van der Waals surface area contributed by atoms with Crippen LogP contribution in [-0.2, 0) is 9.71 Å². The molecule has 0 radical (unpaired) electrons. The van der Waals surface area contributed by atoms with Gasteiger partial charge in [0.1, 0.15) is 0 Å². The van der Waals surface area contributed by atoms with E-state index in [-0.39, 0.29) is 0 Å². The van der Waals surface area contributed by atoms with Gasteiger partial charge in [-0.3, -0.25) is 0 Å². The second kappa shape index (κ2) is 6.03. The van der Waals surface area contributed by atoms with E-state index in [2.05, 4.69) is 10.6 Å². The summed E-state index contributed by atoms with van der Waals surface area (Å²) < 4.78 is 14.2. The molecule has 0 aliphatic carbocycles. The molecule has 86 valence electrons. The topological polar surface area (TPSA) is 29.1 Å². The van der Waals surface area contributed by atoms with Gasteiger partial charge in [0.2, 0.25) is 0 Å². The SMILES string of the molecule is C=S(C)(=O)Nc1ccc(Cl)cc1C.CC. The highest BCUT2D eigenvalue weighted by Gasteiger charge is 2.00. The Morgan fingerprint density at radius 1 is 1.40 bits per heavy atom. The van der Waals surface area contributed by atoms with Gasteiger partial charge >= 0.3 is 0 Å². The minimum Gasteiger partial charge on any atom is -0.313 e. The molecule has 2 nitrogen and oxygen atoms in total. The molecule has 1 rings (SSSR count). The summed E-state index contributed by atoms with van der Waals surface area (Å²) in [6.45, 7) is 5.90. The lowest BCUT2D eigenvalue weighted by Gasteiger charge is -2.10. The van der Waals surface area contributed by atoms with Crippen molar-refractivity contribution in [2.75, 3.05) is 11.0 Å². The van der Waals surface area contributed by atoms with Crippen molar-refractivity contribution in [3.05, 3.63) is 28.8 Å². The van der Waals surface area contributed by atoms with Crippen LogP contribution in [0.5, 0.6) is 0 Å². The molecule has 1 unspecified atom stereocenters. The largest absolute Gasteiger partial charge is 0.313 e. The van der Waals surface area contributed by atoms with Gasteiger partial charge in [-0.25, -0.2) is 4.21 Å². The van der Waals surface area contributed by atoms with Gasteiger partial charge in [-0.1, -0.05) is 25.4 Å². The van der Waals surface area contributed by atoms with Crippen LogP contribution in [0.2, 0.25) is 5.02 Å². The first kappa shape index (κ1) is 14.3. The third-order valence-corrected chi connectivity index (χ3v) is 2.40. The Bertz CT molecular complexity index is 413. The zero-order chi connectivity index (χ0) is 12.1. The lowest BCUT2D eigenvalue weighted by molar-refractivity contribution is 0.688. The smallest absolute Gasteiger partial charge is 0.0486 e. The van der Waals surface area contributed by atoms with Crippen molar-refractivity contribution in [2.45, 2.75) is 20.8 Å². The minimum absolute atomic E-state index is 0.676. The first-order chi connectivity index (χ1) is 6.88. The van der Waals surface area contributed by atoms with Crippen LogP contribution < -0.4 is 4.72 Å². The quantitative estimate of drug-likeness (QED) is 0.798. The van der Waals surface area contributed by atoms with Gasteiger partial charge in [-0.15, -0.1) is 0 Å². The summed E-state index contributed by atoms with van der Waals surface area (Å²) in [5.41, 5.74) is 1.78. The van der Waals surface area contributed by atoms with Gasteiger partial charge in [0, 0.05) is 26.7 Å². The second-order valence-electron chi connectivity index (χ2n) is 3.07. The van der Waals surface area contributed by atoms with E-state index in [0.29, 0.717) is 5.02 Å². The Kier molecular flexibility index (Phi) is 5.76. The Hall–Kier alpha value is -0.670. The van der Waals surface area contributed by atoms with Crippen molar-refractivity contribution in [1.29, 1.82) is 0 Å². The van der Waals surface area contributed by atoms with Crippen LogP contribution in [0.1, 0.15) is 19.4 Å². The zero-order valence-electron chi connectivity index (χ0n) is 9.63. The van der Waals surface area contributed by atoms with Gasteiger partial charge in [-0.05, 0) is 36.6 Å². The van der Waals surface area contributed by atoms with Gasteiger partial charge in [-0.2, -0.15) is 0 Å². The molecular formula is C11H18ClNOS. The number of aryl methyl sites for hydroxylation is 1. The zero-order valence-corrected chi connectivity index (χ0v) is 11.2. The molecule has 1 aromatic carbocycles. The summed E-state index contributed by atoms with van der Waals surface area (Å²) in [5, 5.41) is 0.676. The fourth-order valence-corrected chi connectivity index (χ4v) is 1.90. The van der Waals surface area contributed by atoms with E-state index in [1.807, 2.05) is 26.8 Å². The van der Waals surface area contributed by atoms with E-state index in [1.165, 1.54) is 0 Å². The molecule has 1 N–H and O–H groups in total. The van der Waals surface area contributed by atoms with Gasteiger partial charge in [0.15, 0.2) is 0 Å². The van der Waals surface area contributed by atoms with E-state index >= 15 is 0 Å². The predicted molar refractivity (Wildman–Crippen MR) is 72.3 cm³/mol. The standard InChI is InChI=1S/C9H12ClNOS.C2H6/c1-7-6-8(10)4-5-9(7)11-13(2,3)12;1-2/h4-6H,2H2,1,3H3,(H,11,12);1-2H3. The molecule has 0 bridgehead atoms. The van der Waals surface area contributed by atoms with Crippen molar-refractivity contribution in [3.8, 4) is 0 Å². The summed E-state index contributed by atoms with van der Waals surface area (Å²) >= 11 is 5.77. The lowest BCUT2D eigenvalue weighted by Crippen LogP contribution is -2.10. The van der Waals surface area contributed by atoms with Crippen LogP contribution in [0.15, 0.2) is 18.2 Å². The number of anilines is 1. The molecule has 0 aliphatic heterocycles. The summed E-state index contributed by atoms with van der Waals surface area (Å²) in [7, 11) is -2.21. The average Bonchev–Trinajstić information content (AvgIpc) is 2.12. The summed E-state index contributed by atoms with van der Waals surface area (Å²) in [6, 6.07) is 5.36. The summed E-state index contributed by atoms with van der Waals surface area (Å²) in [6.07, 6.45) is 1.56. The molecule has 0 saturated heterocycles. The highest BCUT2D eigenvalue weighted by molar-refractivity contribution is 8.00. The molecule has 0 aromatic heterocycles. The fraction of sp³-hybridized carbons (Fsp3) is 0.364. The molecule has 0 fully saturated rings. The second-order valence-corrected chi connectivity index (χ2v) is 5.72. The minimum atomic E-state index is -2.21.